The summed E-state index contributed by atoms with van der Waals surface area (Å²) in [7, 11) is 0. The predicted octanol–water partition coefficient (Wildman–Crippen LogP) is 2.11. The van der Waals surface area contributed by atoms with E-state index < -0.39 is 11.5 Å². The molecule has 1 N–H and O–H groups in total. The number of aromatic nitrogens is 4. The van der Waals surface area contributed by atoms with Crippen LogP contribution in [0.3, 0.4) is 0 Å². The van der Waals surface area contributed by atoms with Crippen LogP contribution < -0.4 is 10.4 Å². The van der Waals surface area contributed by atoms with E-state index in [2.05, 4.69) is 31.2 Å². The van der Waals surface area contributed by atoms with Gasteiger partial charge in [-0.15, -0.1) is 5.10 Å². The van der Waals surface area contributed by atoms with Gasteiger partial charge >= 0.3 is 5.69 Å². The maximum atomic E-state index is 13.3. The summed E-state index contributed by atoms with van der Waals surface area (Å²) in [5, 5.41) is 9.93. The van der Waals surface area contributed by atoms with E-state index in [9.17, 15) is 9.18 Å². The fraction of sp³-hybridized carbons (Fsp3) is 0. The van der Waals surface area contributed by atoms with Crippen LogP contribution in [-0.4, -0.2) is 19.8 Å². The lowest BCUT2D eigenvalue weighted by Crippen LogP contribution is -2.12. The van der Waals surface area contributed by atoms with Crippen LogP contribution in [0.2, 0.25) is 0 Å². The van der Waals surface area contributed by atoms with Crippen LogP contribution in [0.15, 0.2) is 39.6 Å². The van der Waals surface area contributed by atoms with Gasteiger partial charge in [0.05, 0.1) is 4.47 Å². The Hall–Kier alpha value is -2.22. The van der Waals surface area contributed by atoms with Gasteiger partial charge in [0, 0.05) is 12.1 Å². The molecular formula is C11H6BrFN4O2. The van der Waals surface area contributed by atoms with Gasteiger partial charge in [0.25, 0.3) is 0 Å². The van der Waals surface area contributed by atoms with Crippen LogP contribution in [0, 0.1) is 5.82 Å². The van der Waals surface area contributed by atoms with Crippen molar-refractivity contribution in [3.05, 3.63) is 51.1 Å². The Bertz CT molecular complexity index is 814. The third-order valence-electron chi connectivity index (χ3n) is 2.36. The summed E-state index contributed by atoms with van der Waals surface area (Å²) in [6.07, 6.45) is 0. The molecule has 0 saturated carbocycles. The zero-order valence-corrected chi connectivity index (χ0v) is 10.9. The van der Waals surface area contributed by atoms with E-state index >= 15 is 0 Å². The van der Waals surface area contributed by atoms with E-state index in [0.29, 0.717) is 10.1 Å². The van der Waals surface area contributed by atoms with Crippen molar-refractivity contribution in [1.82, 2.24) is 19.8 Å². The summed E-state index contributed by atoms with van der Waals surface area (Å²) >= 11 is 3.05. The summed E-state index contributed by atoms with van der Waals surface area (Å²) in [6.45, 7) is 0. The molecule has 0 radical (unpaired) electrons. The molecule has 1 aromatic carbocycles. The number of aromatic amines is 1. The zero-order chi connectivity index (χ0) is 13.4. The van der Waals surface area contributed by atoms with E-state index in [0.717, 1.165) is 4.52 Å². The van der Waals surface area contributed by atoms with Gasteiger partial charge in [0.1, 0.15) is 11.6 Å². The minimum Gasteiger partial charge on any atom is -0.437 e. The Labute approximate surface area is 114 Å². The predicted molar refractivity (Wildman–Crippen MR) is 67.8 cm³/mol. The molecular weight excluding hydrogens is 319 g/mol. The quantitative estimate of drug-likeness (QED) is 0.783. The summed E-state index contributed by atoms with van der Waals surface area (Å²) in [5.41, 5.74) is -0.0956. The zero-order valence-electron chi connectivity index (χ0n) is 9.30. The highest BCUT2D eigenvalue weighted by molar-refractivity contribution is 9.10. The molecule has 0 atom stereocenters. The molecule has 6 nitrogen and oxygen atoms in total. The molecule has 0 bridgehead atoms. The molecule has 0 aliphatic carbocycles. The normalized spacial score (nSPS) is 10.8. The molecule has 0 saturated heterocycles. The van der Waals surface area contributed by atoms with Crippen molar-refractivity contribution in [3.63, 3.8) is 0 Å². The van der Waals surface area contributed by atoms with Crippen molar-refractivity contribution in [2.75, 3.05) is 0 Å². The lowest BCUT2D eigenvalue weighted by atomic mass is 10.3. The number of benzene rings is 1. The average Bonchev–Trinajstić information content (AvgIpc) is 2.76. The fourth-order valence-corrected chi connectivity index (χ4v) is 1.75. The Balaban J connectivity index is 1.98. The Morgan fingerprint density at radius 2 is 2.16 bits per heavy atom. The molecule has 0 fully saturated rings. The molecule has 19 heavy (non-hydrogen) atoms. The van der Waals surface area contributed by atoms with Crippen molar-refractivity contribution in [1.29, 1.82) is 0 Å². The summed E-state index contributed by atoms with van der Waals surface area (Å²) < 4.78 is 20.1. The van der Waals surface area contributed by atoms with Crippen LogP contribution in [-0.2, 0) is 0 Å². The molecule has 0 unspecified atom stereocenters. The third kappa shape index (κ3) is 2.22. The van der Waals surface area contributed by atoms with Crippen LogP contribution in [0.4, 0.5) is 4.39 Å². The maximum absolute atomic E-state index is 13.3. The standard InChI is InChI=1S/C11H6BrFN4O2/c12-7-2-1-6(5-8(7)13)19-10-4-3-9-14-15-11(18)17(9)16-10/h1-5H,(H,15,18). The fourth-order valence-electron chi connectivity index (χ4n) is 1.50. The number of hydrogen-bond donors (Lipinski definition) is 1. The van der Waals surface area contributed by atoms with Gasteiger partial charge < -0.3 is 4.74 Å². The summed E-state index contributed by atoms with van der Waals surface area (Å²) in [6, 6.07) is 7.42. The van der Waals surface area contributed by atoms with E-state index in [1.807, 2.05) is 0 Å². The molecule has 3 rings (SSSR count). The van der Waals surface area contributed by atoms with Gasteiger partial charge in [-0.3, -0.25) is 0 Å². The minimum atomic E-state index is -0.470. The first-order valence-corrected chi connectivity index (χ1v) is 6.00. The highest BCUT2D eigenvalue weighted by atomic mass is 79.9. The van der Waals surface area contributed by atoms with E-state index in [-0.39, 0.29) is 11.6 Å². The lowest BCUT2D eigenvalue weighted by Gasteiger charge is -2.04. The Kier molecular flexibility index (Phi) is 2.79. The third-order valence-corrected chi connectivity index (χ3v) is 3.01. The first kappa shape index (κ1) is 11.8. The van der Waals surface area contributed by atoms with Crippen molar-refractivity contribution in [2.45, 2.75) is 0 Å². The maximum Gasteiger partial charge on any atom is 0.364 e. The van der Waals surface area contributed by atoms with Crippen LogP contribution >= 0.6 is 15.9 Å². The van der Waals surface area contributed by atoms with Gasteiger partial charge in [-0.1, -0.05) is 0 Å². The van der Waals surface area contributed by atoms with Crippen molar-refractivity contribution in [2.24, 2.45) is 0 Å². The smallest absolute Gasteiger partial charge is 0.364 e. The molecule has 3 aromatic rings. The first-order valence-electron chi connectivity index (χ1n) is 5.21. The molecule has 0 aliphatic heterocycles. The Morgan fingerprint density at radius 1 is 1.32 bits per heavy atom. The molecule has 8 heteroatoms. The van der Waals surface area contributed by atoms with Gasteiger partial charge in [-0.25, -0.2) is 14.3 Å². The molecule has 0 spiro atoms. The SMILES string of the molecule is O=c1[nH]nc2ccc(Oc3ccc(Br)c(F)c3)nn12. The molecule has 96 valence electrons. The number of nitrogens with zero attached hydrogens (tertiary/aromatic N) is 3. The number of nitrogens with one attached hydrogen (secondary N) is 1. The number of ether oxygens (including phenoxy) is 1. The number of H-pyrrole nitrogens is 1. The highest BCUT2D eigenvalue weighted by Gasteiger charge is 2.06. The minimum absolute atomic E-state index is 0.165. The van der Waals surface area contributed by atoms with Gasteiger partial charge in [-0.2, -0.15) is 9.61 Å². The number of fused-ring (bicyclic) bond motifs is 1. The van der Waals surface area contributed by atoms with Crippen molar-refractivity contribution >= 4 is 21.6 Å². The second-order valence-corrected chi connectivity index (χ2v) is 4.50. The van der Waals surface area contributed by atoms with Gasteiger partial charge in [0.15, 0.2) is 5.65 Å². The second kappa shape index (κ2) is 4.47. The van der Waals surface area contributed by atoms with Gasteiger partial charge in [0.2, 0.25) is 5.88 Å². The van der Waals surface area contributed by atoms with E-state index in [4.69, 9.17) is 4.74 Å². The molecule has 0 amide bonds. The van der Waals surface area contributed by atoms with Crippen LogP contribution in [0.5, 0.6) is 11.6 Å². The van der Waals surface area contributed by atoms with Crippen LogP contribution in [0.1, 0.15) is 0 Å². The average molecular weight is 325 g/mol. The topological polar surface area (TPSA) is 72.3 Å². The van der Waals surface area contributed by atoms with Crippen LogP contribution in [0.25, 0.3) is 5.65 Å². The van der Waals surface area contributed by atoms with Gasteiger partial charge in [-0.05, 0) is 34.1 Å². The number of halogens is 2. The largest absolute Gasteiger partial charge is 0.437 e. The Morgan fingerprint density at radius 3 is 2.95 bits per heavy atom. The van der Waals surface area contributed by atoms with E-state index in [1.165, 1.54) is 18.2 Å². The highest BCUT2D eigenvalue weighted by Crippen LogP contribution is 2.24. The van der Waals surface area contributed by atoms with Crippen molar-refractivity contribution < 1.29 is 9.13 Å². The monoisotopic (exact) mass is 324 g/mol. The molecule has 2 heterocycles. The summed E-state index contributed by atoms with van der Waals surface area (Å²) in [5.74, 6) is 0.000808. The van der Waals surface area contributed by atoms with E-state index in [1.54, 1.807) is 12.1 Å². The molecule has 2 aromatic heterocycles. The second-order valence-electron chi connectivity index (χ2n) is 3.65. The lowest BCUT2D eigenvalue weighted by molar-refractivity contribution is 0.447. The molecule has 0 aliphatic rings. The number of hydrogen-bond acceptors (Lipinski definition) is 4. The number of rotatable bonds is 2. The first-order chi connectivity index (χ1) is 9.13. The van der Waals surface area contributed by atoms with Crippen molar-refractivity contribution in [3.8, 4) is 11.6 Å². The summed E-state index contributed by atoms with van der Waals surface area (Å²) in [4.78, 5) is 11.3.